The van der Waals surface area contributed by atoms with Crippen LogP contribution in [0.4, 0.5) is 36.4 Å². The van der Waals surface area contributed by atoms with Gasteiger partial charge in [-0.15, -0.1) is 11.3 Å². The third-order valence-electron chi connectivity index (χ3n) is 5.69. The first-order chi connectivity index (χ1) is 19.6. The van der Waals surface area contributed by atoms with Gasteiger partial charge in [0.05, 0.1) is 31.0 Å². The SMILES string of the molecule is COc1cc(C(=O)O)c(F)cc1NS(=O)(=O)c1csc(-c2ccc(-c3cc(F)c(C(F)(F)F)c(F)c3)c(OC)c2F)n1. The van der Waals surface area contributed by atoms with Crippen molar-refractivity contribution in [2.75, 3.05) is 18.9 Å². The number of carbonyl (C=O) groups is 1. The highest BCUT2D eigenvalue weighted by atomic mass is 32.2. The number of methoxy groups -OCH3 is 2. The Hall–Kier alpha value is -4.38. The first-order valence-corrected chi connectivity index (χ1v) is 13.5. The highest BCUT2D eigenvalue weighted by molar-refractivity contribution is 7.92. The number of aromatic nitrogens is 1. The molecule has 222 valence electrons. The molecule has 0 aliphatic heterocycles. The van der Waals surface area contributed by atoms with Gasteiger partial charge in [0.1, 0.15) is 33.8 Å². The Bertz CT molecular complexity index is 1800. The monoisotopic (exact) mass is 636 g/mol. The van der Waals surface area contributed by atoms with E-state index in [1.807, 2.05) is 4.72 Å². The minimum absolute atomic E-state index is 0.220. The number of benzene rings is 3. The number of halogens is 7. The van der Waals surface area contributed by atoms with Gasteiger partial charge in [-0.1, -0.05) is 0 Å². The van der Waals surface area contributed by atoms with Crippen LogP contribution in [-0.4, -0.2) is 38.7 Å². The van der Waals surface area contributed by atoms with Gasteiger partial charge in [-0.25, -0.2) is 27.3 Å². The standard InChI is InChI=1S/C25H15F7N2O6S2/c1-39-18-7-13(24(35)36)14(26)8-17(18)34-42(37,38)19-9-41-23(33-19)12-4-3-11(22(40-2)21(12)29)10-5-15(27)20(16(28)6-10)25(30,31)32/h3-9,34H,1-2H3,(H,35,36). The predicted octanol–water partition coefficient (Wildman–Crippen LogP) is 6.57. The van der Waals surface area contributed by atoms with E-state index in [0.29, 0.717) is 29.5 Å². The summed E-state index contributed by atoms with van der Waals surface area (Å²) in [4.78, 5) is 15.0. The Morgan fingerprint density at radius 2 is 1.57 bits per heavy atom. The Morgan fingerprint density at radius 3 is 2.12 bits per heavy atom. The van der Waals surface area contributed by atoms with Gasteiger partial charge in [-0.05, 0) is 35.9 Å². The molecule has 0 fully saturated rings. The molecule has 0 aliphatic carbocycles. The van der Waals surface area contributed by atoms with E-state index in [0.717, 1.165) is 37.8 Å². The zero-order valence-electron chi connectivity index (χ0n) is 20.9. The quantitative estimate of drug-likeness (QED) is 0.210. The molecule has 42 heavy (non-hydrogen) atoms. The molecule has 3 aromatic carbocycles. The second-order valence-electron chi connectivity index (χ2n) is 8.25. The summed E-state index contributed by atoms with van der Waals surface area (Å²) in [5.41, 5.74) is -4.46. The summed E-state index contributed by atoms with van der Waals surface area (Å²) >= 11 is 0.650. The molecule has 2 N–H and O–H groups in total. The van der Waals surface area contributed by atoms with Crippen molar-refractivity contribution in [3.63, 3.8) is 0 Å². The maximum atomic E-state index is 15.5. The number of hydrogen-bond donors (Lipinski definition) is 2. The third-order valence-corrected chi connectivity index (χ3v) is 7.96. The van der Waals surface area contributed by atoms with Crippen molar-refractivity contribution < 1.29 is 58.5 Å². The lowest BCUT2D eigenvalue weighted by molar-refractivity contribution is -0.142. The largest absolute Gasteiger partial charge is 0.495 e. The molecule has 4 rings (SSSR count). The average Bonchev–Trinajstić information content (AvgIpc) is 3.38. The number of carboxylic acids is 1. The number of carboxylic acid groups (broad SMARTS) is 1. The Balaban J connectivity index is 1.71. The van der Waals surface area contributed by atoms with Crippen LogP contribution in [0.15, 0.2) is 46.8 Å². The van der Waals surface area contributed by atoms with Crippen molar-refractivity contribution in [1.82, 2.24) is 4.98 Å². The van der Waals surface area contributed by atoms with E-state index in [4.69, 9.17) is 14.6 Å². The van der Waals surface area contributed by atoms with Gasteiger partial charge in [0.15, 0.2) is 16.6 Å². The lowest BCUT2D eigenvalue weighted by Gasteiger charge is -2.15. The molecule has 1 aromatic heterocycles. The summed E-state index contributed by atoms with van der Waals surface area (Å²) in [5, 5.41) is 9.18. The van der Waals surface area contributed by atoms with E-state index >= 15 is 4.39 Å². The van der Waals surface area contributed by atoms with Crippen LogP contribution in [0.2, 0.25) is 0 Å². The highest BCUT2D eigenvalue weighted by Gasteiger charge is 2.38. The number of rotatable bonds is 8. The van der Waals surface area contributed by atoms with E-state index in [1.54, 1.807) is 0 Å². The lowest BCUT2D eigenvalue weighted by Crippen LogP contribution is -2.15. The number of sulfonamides is 1. The van der Waals surface area contributed by atoms with Crippen molar-refractivity contribution in [2.45, 2.75) is 11.2 Å². The van der Waals surface area contributed by atoms with Crippen LogP contribution >= 0.6 is 11.3 Å². The first kappa shape index (κ1) is 30.6. The van der Waals surface area contributed by atoms with Crippen LogP contribution in [0.25, 0.3) is 21.7 Å². The molecule has 1 heterocycles. The molecule has 0 unspecified atom stereocenters. The van der Waals surface area contributed by atoms with Crippen molar-refractivity contribution in [2.24, 2.45) is 0 Å². The smallest absolute Gasteiger partial charge is 0.422 e. The molecular weight excluding hydrogens is 621 g/mol. The number of hydrogen-bond acceptors (Lipinski definition) is 7. The van der Waals surface area contributed by atoms with Crippen LogP contribution in [0.1, 0.15) is 15.9 Å². The van der Waals surface area contributed by atoms with Gasteiger partial charge < -0.3 is 14.6 Å². The van der Waals surface area contributed by atoms with Crippen LogP contribution in [-0.2, 0) is 16.2 Å². The molecular formula is C25H15F7N2O6S2. The fourth-order valence-corrected chi connectivity index (χ4v) is 5.99. The van der Waals surface area contributed by atoms with Gasteiger partial charge in [-0.2, -0.15) is 21.6 Å². The Kier molecular flexibility index (Phi) is 8.10. The molecule has 17 heteroatoms. The van der Waals surface area contributed by atoms with Crippen LogP contribution in [0.3, 0.4) is 0 Å². The summed E-state index contributed by atoms with van der Waals surface area (Å²) in [6.07, 6.45) is -5.31. The number of thiazole rings is 1. The third kappa shape index (κ3) is 5.69. The number of ether oxygens (including phenoxy) is 2. The molecule has 0 amide bonds. The second-order valence-corrected chi connectivity index (χ2v) is 10.7. The molecule has 0 atom stereocenters. The van der Waals surface area contributed by atoms with Crippen LogP contribution in [0, 0.1) is 23.3 Å². The van der Waals surface area contributed by atoms with Gasteiger partial charge in [-0.3, -0.25) is 4.72 Å². The molecule has 8 nitrogen and oxygen atoms in total. The summed E-state index contributed by atoms with van der Waals surface area (Å²) in [5.74, 6) is -8.86. The van der Waals surface area contributed by atoms with Crippen LogP contribution in [0.5, 0.6) is 11.5 Å². The van der Waals surface area contributed by atoms with Crippen molar-refractivity contribution in [1.29, 1.82) is 0 Å². The number of nitrogens with one attached hydrogen (secondary N) is 1. The fourth-order valence-electron chi connectivity index (χ4n) is 3.82. The van der Waals surface area contributed by atoms with E-state index in [2.05, 4.69) is 4.98 Å². The highest BCUT2D eigenvalue weighted by Crippen LogP contribution is 2.42. The maximum Gasteiger partial charge on any atom is 0.422 e. The first-order valence-electron chi connectivity index (χ1n) is 11.1. The predicted molar refractivity (Wildman–Crippen MR) is 135 cm³/mol. The fraction of sp³-hybridized carbons (Fsp3) is 0.120. The number of aromatic carboxylic acids is 1. The van der Waals surface area contributed by atoms with E-state index < -0.39 is 78.6 Å². The molecule has 4 aromatic rings. The second kappa shape index (κ2) is 11.1. The number of nitrogens with zero attached hydrogens (tertiary/aromatic N) is 1. The van der Waals surface area contributed by atoms with Crippen molar-refractivity contribution in [3.8, 4) is 33.2 Å². The molecule has 0 saturated heterocycles. The molecule has 0 bridgehead atoms. The van der Waals surface area contributed by atoms with Gasteiger partial charge in [0.2, 0.25) is 0 Å². The number of alkyl halides is 3. The van der Waals surface area contributed by atoms with Gasteiger partial charge in [0, 0.05) is 17.0 Å². The average molecular weight is 637 g/mol. The maximum absolute atomic E-state index is 15.5. The van der Waals surface area contributed by atoms with Crippen molar-refractivity contribution in [3.05, 3.63) is 76.2 Å². The zero-order valence-corrected chi connectivity index (χ0v) is 22.6. The molecule has 0 aliphatic rings. The minimum atomic E-state index is -5.31. The molecule has 0 radical (unpaired) electrons. The normalized spacial score (nSPS) is 11.8. The number of anilines is 1. The summed E-state index contributed by atoms with van der Waals surface area (Å²) in [7, 11) is -2.48. The molecule has 0 saturated carbocycles. The van der Waals surface area contributed by atoms with Gasteiger partial charge >= 0.3 is 12.1 Å². The lowest BCUT2D eigenvalue weighted by atomic mass is 9.99. The minimum Gasteiger partial charge on any atom is -0.495 e. The summed E-state index contributed by atoms with van der Waals surface area (Å²) in [6.45, 7) is 0. The summed E-state index contributed by atoms with van der Waals surface area (Å²) in [6, 6.07) is 4.21. The van der Waals surface area contributed by atoms with Gasteiger partial charge in [0.25, 0.3) is 10.0 Å². The van der Waals surface area contributed by atoms with Crippen molar-refractivity contribution >= 4 is 33.0 Å². The Labute approximate surface area is 236 Å². The van der Waals surface area contributed by atoms with E-state index in [9.17, 15) is 39.6 Å². The Morgan fingerprint density at radius 1 is 0.952 bits per heavy atom. The van der Waals surface area contributed by atoms with E-state index in [1.165, 1.54) is 0 Å². The van der Waals surface area contributed by atoms with E-state index in [-0.39, 0.29) is 21.9 Å². The molecule has 0 spiro atoms. The van der Waals surface area contributed by atoms with Crippen LogP contribution < -0.4 is 14.2 Å². The topological polar surface area (TPSA) is 115 Å². The summed E-state index contributed by atoms with van der Waals surface area (Å²) < 4.78 is 135. The zero-order chi connectivity index (χ0) is 31.1.